The third-order valence-corrected chi connectivity index (χ3v) is 8.07. The van der Waals surface area contributed by atoms with Gasteiger partial charge in [-0.15, -0.1) is 0 Å². The lowest BCUT2D eigenvalue weighted by Gasteiger charge is -2.37. The lowest BCUT2D eigenvalue weighted by Crippen LogP contribution is -2.48. The minimum absolute atomic E-state index is 0.115. The lowest BCUT2D eigenvalue weighted by atomic mass is 9.88. The molecule has 0 radical (unpaired) electrons. The largest absolute Gasteiger partial charge is 0.342 e. The SMILES string of the molecule is O=C([C@H]1CCCN(S(=O)(=O)c2ccccc2)C1)N1CCC(c2ccccc2)CC1. The number of rotatable bonds is 4. The summed E-state index contributed by atoms with van der Waals surface area (Å²) < 4.78 is 27.4. The van der Waals surface area contributed by atoms with E-state index < -0.39 is 10.0 Å². The third-order valence-electron chi connectivity index (χ3n) is 6.19. The number of amides is 1. The van der Waals surface area contributed by atoms with Crippen LogP contribution in [0, 0.1) is 5.92 Å². The second kappa shape index (κ2) is 8.67. The molecular formula is C23H28N2O3S. The van der Waals surface area contributed by atoms with Gasteiger partial charge in [0.15, 0.2) is 0 Å². The van der Waals surface area contributed by atoms with Gasteiger partial charge in [0, 0.05) is 26.2 Å². The van der Waals surface area contributed by atoms with E-state index in [0.717, 1.165) is 38.8 Å². The summed E-state index contributed by atoms with van der Waals surface area (Å²) in [5.74, 6) is 0.376. The van der Waals surface area contributed by atoms with E-state index in [1.54, 1.807) is 30.3 Å². The first-order chi connectivity index (χ1) is 14.1. The maximum atomic E-state index is 13.1. The number of nitrogens with zero attached hydrogens (tertiary/aromatic N) is 2. The molecule has 2 aliphatic heterocycles. The standard InChI is InChI=1S/C23H28N2O3S/c26-23(24-16-13-20(14-17-24)19-8-3-1-4-9-19)21-10-7-15-25(18-21)29(27,28)22-11-5-2-6-12-22/h1-6,8-9,11-12,20-21H,7,10,13-18H2/t21-/m0/s1. The summed E-state index contributed by atoms with van der Waals surface area (Å²) in [6, 6.07) is 19.0. The molecule has 1 amide bonds. The van der Waals surface area contributed by atoms with Crippen molar-refractivity contribution in [1.29, 1.82) is 0 Å². The number of hydrogen-bond donors (Lipinski definition) is 0. The highest BCUT2D eigenvalue weighted by atomic mass is 32.2. The van der Waals surface area contributed by atoms with E-state index >= 15 is 0 Å². The van der Waals surface area contributed by atoms with Crippen molar-refractivity contribution < 1.29 is 13.2 Å². The molecule has 5 nitrogen and oxygen atoms in total. The molecule has 0 spiro atoms. The molecule has 2 aliphatic rings. The highest BCUT2D eigenvalue weighted by Crippen LogP contribution is 2.30. The zero-order valence-electron chi connectivity index (χ0n) is 16.6. The maximum Gasteiger partial charge on any atom is 0.243 e. The molecule has 154 valence electrons. The number of likely N-dealkylation sites (tertiary alicyclic amines) is 1. The van der Waals surface area contributed by atoms with Crippen LogP contribution in [-0.2, 0) is 14.8 Å². The van der Waals surface area contributed by atoms with Crippen LogP contribution in [0.3, 0.4) is 0 Å². The monoisotopic (exact) mass is 412 g/mol. The molecule has 0 aliphatic carbocycles. The molecule has 2 heterocycles. The highest BCUT2D eigenvalue weighted by molar-refractivity contribution is 7.89. The van der Waals surface area contributed by atoms with Crippen LogP contribution in [-0.4, -0.2) is 49.7 Å². The number of carbonyl (C=O) groups excluding carboxylic acids is 1. The van der Waals surface area contributed by atoms with Crippen molar-refractivity contribution in [3.63, 3.8) is 0 Å². The van der Waals surface area contributed by atoms with Crippen LogP contribution in [0.25, 0.3) is 0 Å². The van der Waals surface area contributed by atoms with E-state index in [0.29, 0.717) is 17.4 Å². The summed E-state index contributed by atoms with van der Waals surface area (Å²) in [6.45, 7) is 2.27. The lowest BCUT2D eigenvalue weighted by molar-refractivity contribution is -0.137. The van der Waals surface area contributed by atoms with E-state index in [-0.39, 0.29) is 18.4 Å². The van der Waals surface area contributed by atoms with Gasteiger partial charge in [0.1, 0.15) is 0 Å². The molecule has 2 aromatic carbocycles. The van der Waals surface area contributed by atoms with Crippen molar-refractivity contribution in [1.82, 2.24) is 9.21 Å². The van der Waals surface area contributed by atoms with Gasteiger partial charge >= 0.3 is 0 Å². The summed E-state index contributed by atoms with van der Waals surface area (Å²) >= 11 is 0. The number of piperidine rings is 2. The molecule has 2 fully saturated rings. The number of benzene rings is 2. The summed E-state index contributed by atoms with van der Waals surface area (Å²) in [6.07, 6.45) is 3.42. The Bertz CT molecular complexity index is 923. The molecule has 0 N–H and O–H groups in total. The topological polar surface area (TPSA) is 57.7 Å². The Balaban J connectivity index is 1.38. The Morgan fingerprint density at radius 1 is 0.828 bits per heavy atom. The van der Waals surface area contributed by atoms with Gasteiger partial charge < -0.3 is 4.90 Å². The number of sulfonamides is 1. The minimum atomic E-state index is -3.54. The summed E-state index contributed by atoms with van der Waals surface area (Å²) in [5.41, 5.74) is 1.34. The molecule has 1 atom stereocenters. The van der Waals surface area contributed by atoms with Crippen molar-refractivity contribution in [2.45, 2.75) is 36.5 Å². The Morgan fingerprint density at radius 3 is 2.10 bits per heavy atom. The summed E-state index contributed by atoms with van der Waals surface area (Å²) in [5, 5.41) is 0. The fourth-order valence-corrected chi connectivity index (χ4v) is 6.07. The predicted octanol–water partition coefficient (Wildman–Crippen LogP) is 3.49. The Hall–Kier alpha value is -2.18. The molecule has 2 aromatic rings. The first kappa shape index (κ1) is 20.1. The van der Waals surface area contributed by atoms with E-state index in [9.17, 15) is 13.2 Å². The molecule has 0 aromatic heterocycles. The van der Waals surface area contributed by atoms with Gasteiger partial charge in [-0.1, -0.05) is 48.5 Å². The van der Waals surface area contributed by atoms with Crippen LogP contribution in [0.15, 0.2) is 65.6 Å². The molecule has 0 unspecified atom stereocenters. The number of carbonyl (C=O) groups is 1. The van der Waals surface area contributed by atoms with Gasteiger partial charge in [0.25, 0.3) is 0 Å². The van der Waals surface area contributed by atoms with Crippen LogP contribution < -0.4 is 0 Å². The average molecular weight is 413 g/mol. The van der Waals surface area contributed by atoms with E-state index in [1.165, 1.54) is 9.87 Å². The van der Waals surface area contributed by atoms with Crippen LogP contribution in [0.4, 0.5) is 0 Å². The highest BCUT2D eigenvalue weighted by Gasteiger charge is 2.36. The fourth-order valence-electron chi connectivity index (χ4n) is 4.52. The van der Waals surface area contributed by atoms with Crippen LogP contribution in [0.5, 0.6) is 0 Å². The van der Waals surface area contributed by atoms with Gasteiger partial charge in [-0.3, -0.25) is 4.79 Å². The second-order valence-corrected chi connectivity index (χ2v) is 9.96. The molecule has 2 saturated heterocycles. The smallest absolute Gasteiger partial charge is 0.243 e. The Kier molecular flexibility index (Phi) is 6.01. The summed E-state index contributed by atoms with van der Waals surface area (Å²) in [7, 11) is -3.54. The van der Waals surface area contributed by atoms with E-state index in [4.69, 9.17) is 0 Å². The molecular weight excluding hydrogens is 384 g/mol. The summed E-state index contributed by atoms with van der Waals surface area (Å²) in [4.78, 5) is 15.4. The quantitative estimate of drug-likeness (QED) is 0.772. The molecule has 6 heteroatoms. The van der Waals surface area contributed by atoms with Crippen molar-refractivity contribution in [3.8, 4) is 0 Å². The van der Waals surface area contributed by atoms with Crippen LogP contribution >= 0.6 is 0 Å². The fraction of sp³-hybridized carbons (Fsp3) is 0.435. The first-order valence-electron chi connectivity index (χ1n) is 10.4. The minimum Gasteiger partial charge on any atom is -0.342 e. The predicted molar refractivity (Wildman–Crippen MR) is 113 cm³/mol. The van der Waals surface area contributed by atoms with Crippen LogP contribution in [0.2, 0.25) is 0 Å². The van der Waals surface area contributed by atoms with Crippen molar-refractivity contribution >= 4 is 15.9 Å². The maximum absolute atomic E-state index is 13.1. The second-order valence-electron chi connectivity index (χ2n) is 8.03. The van der Waals surface area contributed by atoms with Gasteiger partial charge in [-0.25, -0.2) is 8.42 Å². The zero-order chi connectivity index (χ0) is 20.3. The van der Waals surface area contributed by atoms with Gasteiger partial charge in [-0.05, 0) is 49.3 Å². The average Bonchev–Trinajstić information content (AvgIpc) is 2.80. The van der Waals surface area contributed by atoms with Crippen LogP contribution in [0.1, 0.15) is 37.2 Å². The molecule has 0 bridgehead atoms. The Morgan fingerprint density at radius 2 is 1.45 bits per heavy atom. The van der Waals surface area contributed by atoms with Crippen molar-refractivity contribution in [2.75, 3.05) is 26.2 Å². The third kappa shape index (κ3) is 4.38. The number of hydrogen-bond acceptors (Lipinski definition) is 3. The normalized spacial score (nSPS) is 21.8. The van der Waals surface area contributed by atoms with Gasteiger partial charge in [0.05, 0.1) is 10.8 Å². The van der Waals surface area contributed by atoms with Crippen molar-refractivity contribution in [2.24, 2.45) is 5.92 Å². The molecule has 0 saturated carbocycles. The van der Waals surface area contributed by atoms with Gasteiger partial charge in [-0.2, -0.15) is 4.31 Å². The van der Waals surface area contributed by atoms with Crippen molar-refractivity contribution in [3.05, 3.63) is 66.2 Å². The molecule has 4 rings (SSSR count). The van der Waals surface area contributed by atoms with E-state index in [1.807, 2.05) is 11.0 Å². The Labute approximate surface area is 173 Å². The first-order valence-corrected chi connectivity index (χ1v) is 11.9. The zero-order valence-corrected chi connectivity index (χ0v) is 17.4. The van der Waals surface area contributed by atoms with Gasteiger partial charge in [0.2, 0.25) is 15.9 Å². The molecule has 29 heavy (non-hydrogen) atoms. The van der Waals surface area contributed by atoms with E-state index in [2.05, 4.69) is 24.3 Å².